The minimum atomic E-state index is -3.10. The normalized spacial score (nSPS) is 18.7. The monoisotopic (exact) mass is 474 g/mol. The molecule has 1 aliphatic rings. The van der Waals surface area contributed by atoms with Crippen LogP contribution in [0, 0.1) is 5.92 Å². The summed E-state index contributed by atoms with van der Waals surface area (Å²) in [4.78, 5) is 30.4. The van der Waals surface area contributed by atoms with E-state index in [4.69, 9.17) is 0 Å². The Hall–Kier alpha value is -2.72. The van der Waals surface area contributed by atoms with E-state index in [1.54, 1.807) is 18.2 Å². The molecule has 32 heavy (non-hydrogen) atoms. The number of thiazole rings is 1. The molecule has 170 valence electrons. The number of rotatable bonds is 7. The van der Waals surface area contributed by atoms with Gasteiger partial charge in [0.15, 0.2) is 15.0 Å². The van der Waals surface area contributed by atoms with Crippen molar-refractivity contribution in [3.63, 3.8) is 0 Å². The van der Waals surface area contributed by atoms with Crippen molar-refractivity contribution >= 4 is 43.2 Å². The van der Waals surface area contributed by atoms with Crippen LogP contribution in [0.2, 0.25) is 0 Å². The van der Waals surface area contributed by atoms with Crippen LogP contribution in [0.25, 0.3) is 15.3 Å². The fourth-order valence-electron chi connectivity index (χ4n) is 3.78. The van der Waals surface area contributed by atoms with Gasteiger partial charge in [-0.05, 0) is 49.1 Å². The zero-order chi connectivity index (χ0) is 22.9. The Morgan fingerprint density at radius 3 is 2.66 bits per heavy atom. The number of aromatic nitrogens is 2. The van der Waals surface area contributed by atoms with Crippen molar-refractivity contribution in [1.82, 2.24) is 20.2 Å². The van der Waals surface area contributed by atoms with Gasteiger partial charge in [-0.3, -0.25) is 9.59 Å². The van der Waals surface area contributed by atoms with Gasteiger partial charge in [0, 0.05) is 24.0 Å². The molecule has 3 aromatic rings. The Balaban J connectivity index is 1.48. The van der Waals surface area contributed by atoms with E-state index in [2.05, 4.69) is 15.6 Å². The summed E-state index contributed by atoms with van der Waals surface area (Å²) in [5.74, 6) is -0.483. The standard InChI is InChI=1S/C22H26N4O4S2/c1-14(2)11-18(21(28)23-16-7-10-32(29,30)13-16)24-20(27)15-5-6-17-19(12-15)31-22(25-17)26-8-3-4-9-26/h3-6,8-9,12,14,16,18H,7,10-11,13H2,1-2H3,(H,23,28)(H,24,27)/t16?,18-/m1/s1. The third-order valence-corrected chi connectivity index (χ3v) is 8.17. The second kappa shape index (κ2) is 9.03. The van der Waals surface area contributed by atoms with Crippen LogP contribution in [0.15, 0.2) is 42.7 Å². The van der Waals surface area contributed by atoms with Crippen molar-refractivity contribution in [3.05, 3.63) is 48.3 Å². The van der Waals surface area contributed by atoms with Crippen LogP contribution in [0.4, 0.5) is 0 Å². The molecule has 1 saturated heterocycles. The number of hydrogen-bond donors (Lipinski definition) is 2. The van der Waals surface area contributed by atoms with Crippen LogP contribution < -0.4 is 10.6 Å². The van der Waals surface area contributed by atoms with Crippen LogP contribution in [0.1, 0.15) is 37.0 Å². The highest BCUT2D eigenvalue weighted by molar-refractivity contribution is 7.91. The van der Waals surface area contributed by atoms with Gasteiger partial charge in [0.25, 0.3) is 5.91 Å². The first kappa shape index (κ1) is 22.5. The maximum absolute atomic E-state index is 13.0. The molecule has 2 amide bonds. The second-order valence-electron chi connectivity index (χ2n) is 8.53. The molecule has 0 saturated carbocycles. The number of nitrogens with zero attached hydrogens (tertiary/aromatic N) is 2. The zero-order valence-corrected chi connectivity index (χ0v) is 19.6. The Morgan fingerprint density at radius 2 is 2.00 bits per heavy atom. The van der Waals surface area contributed by atoms with E-state index in [0.717, 1.165) is 15.3 Å². The van der Waals surface area contributed by atoms with E-state index >= 15 is 0 Å². The smallest absolute Gasteiger partial charge is 0.251 e. The summed E-state index contributed by atoms with van der Waals surface area (Å²) in [6.07, 6.45) is 4.69. The van der Waals surface area contributed by atoms with Crippen molar-refractivity contribution < 1.29 is 18.0 Å². The second-order valence-corrected chi connectivity index (χ2v) is 11.8. The first-order chi connectivity index (χ1) is 15.2. The topological polar surface area (TPSA) is 110 Å². The lowest BCUT2D eigenvalue weighted by atomic mass is 10.0. The molecule has 2 aromatic heterocycles. The van der Waals surface area contributed by atoms with Crippen LogP contribution >= 0.6 is 11.3 Å². The maximum atomic E-state index is 13.0. The highest BCUT2D eigenvalue weighted by atomic mass is 32.2. The number of benzene rings is 1. The fraction of sp³-hybridized carbons (Fsp3) is 0.409. The van der Waals surface area contributed by atoms with E-state index in [0.29, 0.717) is 18.4 Å². The molecule has 0 spiro atoms. The maximum Gasteiger partial charge on any atom is 0.251 e. The van der Waals surface area contributed by atoms with Gasteiger partial charge >= 0.3 is 0 Å². The molecule has 1 aromatic carbocycles. The summed E-state index contributed by atoms with van der Waals surface area (Å²) < 4.78 is 26.2. The number of fused-ring (bicyclic) bond motifs is 1. The fourth-order valence-corrected chi connectivity index (χ4v) is 6.43. The van der Waals surface area contributed by atoms with Gasteiger partial charge in [0.1, 0.15) is 6.04 Å². The summed E-state index contributed by atoms with van der Waals surface area (Å²) >= 11 is 1.48. The van der Waals surface area contributed by atoms with Crippen LogP contribution in [0.3, 0.4) is 0 Å². The van der Waals surface area contributed by atoms with Gasteiger partial charge in [0.2, 0.25) is 5.91 Å². The van der Waals surface area contributed by atoms with Gasteiger partial charge in [-0.25, -0.2) is 13.4 Å². The third kappa shape index (κ3) is 5.18. The Bertz CT molecular complexity index is 1230. The lowest BCUT2D eigenvalue weighted by Gasteiger charge is -2.22. The van der Waals surface area contributed by atoms with Crippen molar-refractivity contribution in [1.29, 1.82) is 0 Å². The van der Waals surface area contributed by atoms with Crippen LogP contribution in [-0.2, 0) is 14.6 Å². The summed E-state index contributed by atoms with van der Waals surface area (Å²) in [7, 11) is -3.10. The molecule has 3 heterocycles. The molecule has 0 bridgehead atoms. The largest absolute Gasteiger partial charge is 0.351 e. The number of carbonyl (C=O) groups excluding carboxylic acids is 2. The molecule has 1 unspecified atom stereocenters. The summed E-state index contributed by atoms with van der Waals surface area (Å²) in [6, 6.07) is 7.98. The minimum Gasteiger partial charge on any atom is -0.351 e. The van der Waals surface area contributed by atoms with E-state index < -0.39 is 21.9 Å². The molecule has 2 atom stereocenters. The minimum absolute atomic E-state index is 0.0488. The highest BCUT2D eigenvalue weighted by Crippen LogP contribution is 2.26. The number of amides is 2. The van der Waals surface area contributed by atoms with Crippen molar-refractivity contribution in [2.24, 2.45) is 5.92 Å². The Kier molecular flexibility index (Phi) is 6.34. The Morgan fingerprint density at radius 1 is 1.25 bits per heavy atom. The van der Waals surface area contributed by atoms with Gasteiger partial charge in [-0.1, -0.05) is 25.2 Å². The zero-order valence-electron chi connectivity index (χ0n) is 17.9. The molecule has 1 aliphatic heterocycles. The van der Waals surface area contributed by atoms with Gasteiger partial charge < -0.3 is 15.2 Å². The average molecular weight is 475 g/mol. The number of sulfone groups is 1. The predicted molar refractivity (Wildman–Crippen MR) is 125 cm³/mol. The first-order valence-electron chi connectivity index (χ1n) is 10.6. The molecule has 0 radical (unpaired) electrons. The van der Waals surface area contributed by atoms with Crippen LogP contribution in [0.5, 0.6) is 0 Å². The molecular weight excluding hydrogens is 448 g/mol. The average Bonchev–Trinajstić information content (AvgIpc) is 3.45. The molecule has 4 rings (SSSR count). The summed E-state index contributed by atoms with van der Waals surface area (Å²) in [5, 5.41) is 6.45. The number of carbonyl (C=O) groups is 2. The quantitative estimate of drug-likeness (QED) is 0.547. The number of nitrogens with one attached hydrogen (secondary N) is 2. The Labute approximate surface area is 191 Å². The lowest BCUT2D eigenvalue weighted by molar-refractivity contribution is -0.123. The molecule has 8 nitrogen and oxygen atoms in total. The van der Waals surface area contributed by atoms with Gasteiger partial charge in [-0.15, -0.1) is 0 Å². The van der Waals surface area contributed by atoms with E-state index in [1.165, 1.54) is 11.3 Å². The van der Waals surface area contributed by atoms with Crippen LogP contribution in [-0.4, -0.2) is 53.4 Å². The molecular formula is C22H26N4O4S2. The molecule has 2 N–H and O–H groups in total. The number of hydrogen-bond acceptors (Lipinski definition) is 6. The van der Waals surface area contributed by atoms with Crippen molar-refractivity contribution in [2.45, 2.75) is 38.8 Å². The van der Waals surface area contributed by atoms with Crippen molar-refractivity contribution in [3.8, 4) is 5.13 Å². The summed E-state index contributed by atoms with van der Waals surface area (Å²) in [6.45, 7) is 3.94. The highest BCUT2D eigenvalue weighted by Gasteiger charge is 2.31. The molecule has 1 fully saturated rings. The predicted octanol–water partition coefficient (Wildman–Crippen LogP) is 2.53. The summed E-state index contributed by atoms with van der Waals surface area (Å²) in [5.41, 5.74) is 1.25. The third-order valence-electron chi connectivity index (χ3n) is 5.37. The molecule has 10 heteroatoms. The molecule has 0 aliphatic carbocycles. The van der Waals surface area contributed by atoms with E-state index in [9.17, 15) is 18.0 Å². The van der Waals surface area contributed by atoms with E-state index in [-0.39, 0.29) is 29.2 Å². The lowest BCUT2D eigenvalue weighted by Crippen LogP contribution is -2.50. The first-order valence-corrected chi connectivity index (χ1v) is 13.2. The van der Waals surface area contributed by atoms with Gasteiger partial charge in [0.05, 0.1) is 21.7 Å². The SMILES string of the molecule is CC(C)C[C@@H](NC(=O)c1ccc2nc(-n3cccc3)sc2c1)C(=O)NC1CCS(=O)(=O)C1. The van der Waals surface area contributed by atoms with E-state index in [1.807, 2.05) is 42.9 Å². The van der Waals surface area contributed by atoms with Gasteiger partial charge in [-0.2, -0.15) is 0 Å². The van der Waals surface area contributed by atoms with Crippen molar-refractivity contribution in [2.75, 3.05) is 11.5 Å².